The minimum atomic E-state index is -1.21. The van der Waals surface area contributed by atoms with E-state index < -0.39 is 17.6 Å². The second-order valence-corrected chi connectivity index (χ2v) is 5.96. The molecule has 1 aromatic heterocycles. The van der Waals surface area contributed by atoms with E-state index in [0.717, 1.165) is 23.9 Å². The minimum Gasteiger partial charge on any atom is -0.478 e. The van der Waals surface area contributed by atoms with Crippen LogP contribution in [0.5, 0.6) is 0 Å². The fourth-order valence-electron chi connectivity index (χ4n) is 2.85. The Bertz CT molecular complexity index is 989. The first-order valence-electron chi connectivity index (χ1n) is 8.37. The Labute approximate surface area is 149 Å². The predicted molar refractivity (Wildman–Crippen MR) is 97.7 cm³/mol. The molecule has 3 N–H and O–H groups in total. The van der Waals surface area contributed by atoms with Gasteiger partial charge in [-0.2, -0.15) is 4.68 Å². The Balaban J connectivity index is 1.61. The standard InChI is InChI=1S/C19H19N3O4/c23-17-16-14(18(24)25)10-6-11-15(16)21-22(17)19(26)20-12-5-4-9-13-7-2-1-3-8-13/h1-3,6-8,10-11,21H,4-5,9,12H2,(H,20,26)(H,24,25). The highest BCUT2D eigenvalue weighted by Gasteiger charge is 2.18. The van der Waals surface area contributed by atoms with Gasteiger partial charge in [0.2, 0.25) is 0 Å². The Morgan fingerprint density at radius 1 is 1.04 bits per heavy atom. The molecule has 0 spiro atoms. The third-order valence-corrected chi connectivity index (χ3v) is 4.16. The average molecular weight is 353 g/mol. The number of aromatic carboxylic acids is 1. The first kappa shape index (κ1) is 17.5. The van der Waals surface area contributed by atoms with E-state index in [1.165, 1.54) is 17.7 Å². The van der Waals surface area contributed by atoms with E-state index in [1.807, 2.05) is 18.2 Å². The first-order valence-corrected chi connectivity index (χ1v) is 8.37. The summed E-state index contributed by atoms with van der Waals surface area (Å²) in [6, 6.07) is 13.9. The molecule has 3 rings (SSSR count). The number of H-pyrrole nitrogens is 1. The van der Waals surface area contributed by atoms with Crippen LogP contribution in [0.2, 0.25) is 0 Å². The Morgan fingerprint density at radius 2 is 1.81 bits per heavy atom. The molecule has 0 bridgehead atoms. The number of hydrogen-bond acceptors (Lipinski definition) is 3. The summed E-state index contributed by atoms with van der Waals surface area (Å²) in [7, 11) is 0. The van der Waals surface area contributed by atoms with Crippen molar-refractivity contribution in [2.75, 3.05) is 6.54 Å². The predicted octanol–water partition coefficient (Wildman–Crippen LogP) is 2.61. The fraction of sp³-hybridized carbons (Fsp3) is 0.211. The van der Waals surface area contributed by atoms with Crippen LogP contribution in [0.1, 0.15) is 28.8 Å². The number of carbonyl (C=O) groups is 2. The lowest BCUT2D eigenvalue weighted by atomic mass is 10.1. The van der Waals surface area contributed by atoms with Gasteiger partial charge in [0.05, 0.1) is 16.5 Å². The van der Waals surface area contributed by atoms with Crippen molar-refractivity contribution in [3.05, 3.63) is 70.0 Å². The number of hydrogen-bond donors (Lipinski definition) is 3. The Hall–Kier alpha value is -3.35. The molecule has 0 aliphatic carbocycles. The average Bonchev–Trinajstić information content (AvgIpc) is 2.99. The van der Waals surface area contributed by atoms with Gasteiger partial charge in [-0.15, -0.1) is 0 Å². The lowest BCUT2D eigenvalue weighted by molar-refractivity contribution is 0.0699. The van der Waals surface area contributed by atoms with Crippen LogP contribution < -0.4 is 10.9 Å². The highest BCUT2D eigenvalue weighted by atomic mass is 16.4. The second-order valence-electron chi connectivity index (χ2n) is 5.96. The summed E-state index contributed by atoms with van der Waals surface area (Å²) in [6.07, 6.45) is 2.61. The summed E-state index contributed by atoms with van der Waals surface area (Å²) in [4.78, 5) is 35.8. The SMILES string of the molecule is O=C(O)c1cccc2[nH]n(C(=O)NCCCCc3ccccc3)c(=O)c12. The molecule has 26 heavy (non-hydrogen) atoms. The van der Waals surface area contributed by atoms with Crippen LogP contribution in [0.3, 0.4) is 0 Å². The van der Waals surface area contributed by atoms with Crippen molar-refractivity contribution in [1.82, 2.24) is 15.1 Å². The third kappa shape index (κ3) is 3.66. The molecule has 1 heterocycles. The fourth-order valence-corrected chi connectivity index (χ4v) is 2.85. The number of nitrogens with one attached hydrogen (secondary N) is 2. The van der Waals surface area contributed by atoms with Crippen LogP contribution in [0.15, 0.2) is 53.3 Å². The van der Waals surface area contributed by atoms with Crippen molar-refractivity contribution in [3.63, 3.8) is 0 Å². The van der Waals surface area contributed by atoms with Crippen molar-refractivity contribution in [1.29, 1.82) is 0 Å². The van der Waals surface area contributed by atoms with Crippen LogP contribution in [0, 0.1) is 0 Å². The van der Waals surface area contributed by atoms with Crippen molar-refractivity contribution in [2.45, 2.75) is 19.3 Å². The number of amides is 1. The Kier molecular flexibility index (Phi) is 5.17. The number of aromatic nitrogens is 2. The van der Waals surface area contributed by atoms with Crippen LogP contribution in [0.4, 0.5) is 4.79 Å². The highest BCUT2D eigenvalue weighted by molar-refractivity contribution is 6.03. The highest BCUT2D eigenvalue weighted by Crippen LogP contribution is 2.13. The third-order valence-electron chi connectivity index (χ3n) is 4.16. The number of carboxylic acids is 1. The maximum absolute atomic E-state index is 12.4. The molecule has 7 heteroatoms. The molecule has 7 nitrogen and oxygen atoms in total. The van der Waals surface area contributed by atoms with Crippen molar-refractivity contribution >= 4 is 22.9 Å². The summed E-state index contributed by atoms with van der Waals surface area (Å²) < 4.78 is 0.814. The molecule has 1 amide bonds. The quantitative estimate of drug-likeness (QED) is 0.593. The number of nitrogens with zero attached hydrogens (tertiary/aromatic N) is 1. The van der Waals surface area contributed by atoms with E-state index in [4.69, 9.17) is 0 Å². The molecule has 0 aliphatic rings. The van der Waals surface area contributed by atoms with E-state index in [9.17, 15) is 19.5 Å². The number of rotatable bonds is 6. The molecule has 134 valence electrons. The van der Waals surface area contributed by atoms with E-state index in [2.05, 4.69) is 22.5 Å². The van der Waals surface area contributed by atoms with Crippen molar-refractivity contribution in [3.8, 4) is 0 Å². The van der Waals surface area contributed by atoms with Gasteiger partial charge in [-0.1, -0.05) is 36.4 Å². The van der Waals surface area contributed by atoms with E-state index >= 15 is 0 Å². The zero-order valence-corrected chi connectivity index (χ0v) is 14.1. The number of carbonyl (C=O) groups excluding carboxylic acids is 1. The summed E-state index contributed by atoms with van der Waals surface area (Å²) in [5.41, 5.74) is 0.763. The smallest absolute Gasteiger partial charge is 0.343 e. The lowest BCUT2D eigenvalue weighted by Gasteiger charge is -2.05. The molecule has 0 saturated carbocycles. The maximum Gasteiger partial charge on any atom is 0.343 e. The number of aryl methyl sites for hydroxylation is 1. The molecule has 0 atom stereocenters. The number of benzene rings is 2. The summed E-state index contributed by atoms with van der Waals surface area (Å²) in [5, 5.41) is 14.5. The van der Waals surface area contributed by atoms with Crippen LogP contribution in [0.25, 0.3) is 10.9 Å². The van der Waals surface area contributed by atoms with Crippen molar-refractivity contribution < 1.29 is 14.7 Å². The normalized spacial score (nSPS) is 10.8. The number of unbranched alkanes of at least 4 members (excludes halogenated alkanes) is 1. The molecular formula is C19H19N3O4. The van der Waals surface area contributed by atoms with Gasteiger partial charge >= 0.3 is 12.0 Å². The van der Waals surface area contributed by atoms with E-state index in [1.54, 1.807) is 6.07 Å². The van der Waals surface area contributed by atoms with Crippen LogP contribution in [-0.2, 0) is 6.42 Å². The maximum atomic E-state index is 12.4. The molecule has 0 radical (unpaired) electrons. The molecule has 0 fully saturated rings. The van der Waals surface area contributed by atoms with Gasteiger partial charge < -0.3 is 10.4 Å². The van der Waals surface area contributed by atoms with Gasteiger partial charge in [-0.3, -0.25) is 9.89 Å². The largest absolute Gasteiger partial charge is 0.478 e. The van der Waals surface area contributed by atoms with Crippen molar-refractivity contribution in [2.24, 2.45) is 0 Å². The second kappa shape index (κ2) is 7.69. The molecule has 0 saturated heterocycles. The summed E-state index contributed by atoms with van der Waals surface area (Å²) in [5.74, 6) is -1.21. The van der Waals surface area contributed by atoms with Gasteiger partial charge in [0.1, 0.15) is 0 Å². The van der Waals surface area contributed by atoms with E-state index in [0.29, 0.717) is 12.1 Å². The molecule has 0 aliphatic heterocycles. The van der Waals surface area contributed by atoms with Gasteiger partial charge in [0.15, 0.2) is 0 Å². The molecule has 2 aromatic carbocycles. The molecule has 0 unspecified atom stereocenters. The number of fused-ring (bicyclic) bond motifs is 1. The number of carboxylic acid groups (broad SMARTS) is 1. The topological polar surface area (TPSA) is 104 Å². The van der Waals surface area contributed by atoms with E-state index in [-0.39, 0.29) is 10.9 Å². The van der Waals surface area contributed by atoms with Gasteiger partial charge in [0, 0.05) is 6.54 Å². The minimum absolute atomic E-state index is 0.000715. The molecule has 3 aromatic rings. The monoisotopic (exact) mass is 353 g/mol. The van der Waals surface area contributed by atoms with Crippen LogP contribution >= 0.6 is 0 Å². The number of aromatic amines is 1. The zero-order chi connectivity index (χ0) is 18.5. The summed E-state index contributed by atoms with van der Waals surface area (Å²) >= 11 is 0. The van der Waals surface area contributed by atoms with Gasteiger partial charge in [-0.05, 0) is 37.0 Å². The van der Waals surface area contributed by atoms with Crippen LogP contribution in [-0.4, -0.2) is 33.4 Å². The zero-order valence-electron chi connectivity index (χ0n) is 14.1. The van der Waals surface area contributed by atoms with Gasteiger partial charge in [-0.25, -0.2) is 9.59 Å². The van der Waals surface area contributed by atoms with Gasteiger partial charge in [0.25, 0.3) is 5.56 Å². The summed E-state index contributed by atoms with van der Waals surface area (Å²) in [6.45, 7) is 0.430. The molecular weight excluding hydrogens is 334 g/mol. The first-order chi connectivity index (χ1) is 12.6. The lowest BCUT2D eigenvalue weighted by Crippen LogP contribution is -2.36. The Morgan fingerprint density at radius 3 is 2.54 bits per heavy atom.